The molecular weight excluding hydrogens is 341 g/mol. The Morgan fingerprint density at radius 3 is 2.58 bits per heavy atom. The third kappa shape index (κ3) is 4.95. The Labute approximate surface area is 150 Å². The van der Waals surface area contributed by atoms with Crippen molar-refractivity contribution in [3.63, 3.8) is 0 Å². The first-order valence-electron chi connectivity index (χ1n) is 8.02. The van der Waals surface area contributed by atoms with E-state index < -0.39 is 23.8 Å². The lowest BCUT2D eigenvalue weighted by atomic mass is 10.2. The number of anilines is 1. The minimum Gasteiger partial charge on any atom is -0.493 e. The van der Waals surface area contributed by atoms with Gasteiger partial charge in [-0.3, -0.25) is 4.79 Å². The minimum atomic E-state index is -1.07. The monoisotopic (exact) mass is 361 g/mol. The fourth-order valence-corrected chi connectivity index (χ4v) is 2.16. The van der Waals surface area contributed by atoms with E-state index in [1.165, 1.54) is 50.4 Å². The summed E-state index contributed by atoms with van der Waals surface area (Å²) >= 11 is 0. The second-order valence-electron chi connectivity index (χ2n) is 5.35. The van der Waals surface area contributed by atoms with Gasteiger partial charge in [-0.25, -0.2) is 9.18 Å². The lowest BCUT2D eigenvalue weighted by molar-refractivity contribution is -0.123. The first kappa shape index (κ1) is 19.2. The molecule has 0 aliphatic heterocycles. The van der Waals surface area contributed by atoms with Crippen LogP contribution in [0.5, 0.6) is 11.5 Å². The molecule has 1 N–H and O–H groups in total. The van der Waals surface area contributed by atoms with E-state index >= 15 is 0 Å². The van der Waals surface area contributed by atoms with Crippen molar-refractivity contribution in [2.75, 3.05) is 19.0 Å². The maximum absolute atomic E-state index is 13.2. The molecule has 2 aromatic rings. The van der Waals surface area contributed by atoms with E-state index in [9.17, 15) is 14.0 Å². The van der Waals surface area contributed by atoms with Gasteiger partial charge in [0.2, 0.25) is 0 Å². The number of esters is 1. The van der Waals surface area contributed by atoms with Crippen LogP contribution in [0.4, 0.5) is 10.1 Å². The van der Waals surface area contributed by atoms with Crippen LogP contribution in [-0.4, -0.2) is 31.7 Å². The quantitative estimate of drug-likeness (QED) is 0.765. The zero-order chi connectivity index (χ0) is 19.1. The lowest BCUT2D eigenvalue weighted by Crippen LogP contribution is -2.30. The standard InChI is InChI=1S/C19H20FNO5/c1-4-25-16-9-8-13(10-17(16)24-3)19(23)26-12(2)18(22)21-15-7-5-6-14(20)11-15/h5-12H,4H2,1-3H3,(H,21,22)/t12-/m1/s1. The van der Waals surface area contributed by atoms with Crippen molar-refractivity contribution in [1.82, 2.24) is 0 Å². The van der Waals surface area contributed by atoms with Crippen molar-refractivity contribution >= 4 is 17.6 Å². The van der Waals surface area contributed by atoms with Crippen molar-refractivity contribution in [3.8, 4) is 11.5 Å². The highest BCUT2D eigenvalue weighted by atomic mass is 19.1. The van der Waals surface area contributed by atoms with E-state index in [0.29, 0.717) is 18.1 Å². The number of carbonyl (C=O) groups is 2. The van der Waals surface area contributed by atoms with E-state index in [1.54, 1.807) is 6.07 Å². The maximum Gasteiger partial charge on any atom is 0.339 e. The molecule has 0 saturated heterocycles. The predicted molar refractivity (Wildman–Crippen MR) is 94.1 cm³/mol. The molecule has 6 nitrogen and oxygen atoms in total. The first-order chi connectivity index (χ1) is 12.4. The second kappa shape index (κ2) is 8.84. The summed E-state index contributed by atoms with van der Waals surface area (Å²) in [4.78, 5) is 24.3. The highest BCUT2D eigenvalue weighted by molar-refractivity contribution is 5.97. The van der Waals surface area contributed by atoms with Crippen LogP contribution in [0.3, 0.4) is 0 Å². The molecule has 0 bridgehead atoms. The van der Waals surface area contributed by atoms with Crippen LogP contribution >= 0.6 is 0 Å². The van der Waals surface area contributed by atoms with Crippen molar-refractivity contribution < 1.29 is 28.2 Å². The molecule has 0 heterocycles. The first-order valence-corrected chi connectivity index (χ1v) is 8.02. The minimum absolute atomic E-state index is 0.218. The number of methoxy groups -OCH3 is 1. The molecule has 7 heteroatoms. The van der Waals surface area contributed by atoms with E-state index in [-0.39, 0.29) is 11.3 Å². The normalized spacial score (nSPS) is 11.4. The number of hydrogen-bond donors (Lipinski definition) is 1. The number of amides is 1. The van der Waals surface area contributed by atoms with E-state index in [2.05, 4.69) is 5.32 Å². The van der Waals surface area contributed by atoms with E-state index in [1.807, 2.05) is 6.92 Å². The van der Waals surface area contributed by atoms with Gasteiger partial charge in [0, 0.05) is 5.69 Å². The van der Waals surface area contributed by atoms with Crippen molar-refractivity contribution in [3.05, 3.63) is 53.8 Å². The molecule has 0 radical (unpaired) electrons. The van der Waals surface area contributed by atoms with Gasteiger partial charge in [-0.15, -0.1) is 0 Å². The van der Waals surface area contributed by atoms with Crippen molar-refractivity contribution in [2.45, 2.75) is 20.0 Å². The summed E-state index contributed by atoms with van der Waals surface area (Å²) in [5.41, 5.74) is 0.497. The molecule has 0 aliphatic carbocycles. The van der Waals surface area contributed by atoms with Gasteiger partial charge in [0.1, 0.15) is 5.82 Å². The number of hydrogen-bond acceptors (Lipinski definition) is 5. The van der Waals surface area contributed by atoms with Gasteiger partial charge >= 0.3 is 5.97 Å². The van der Waals surface area contributed by atoms with Gasteiger partial charge < -0.3 is 19.5 Å². The summed E-state index contributed by atoms with van der Waals surface area (Å²) in [6.45, 7) is 3.72. The zero-order valence-corrected chi connectivity index (χ0v) is 14.7. The molecule has 0 fully saturated rings. The molecule has 138 valence electrons. The van der Waals surface area contributed by atoms with Gasteiger partial charge in [-0.05, 0) is 50.2 Å². The van der Waals surface area contributed by atoms with Crippen LogP contribution < -0.4 is 14.8 Å². The fraction of sp³-hybridized carbons (Fsp3) is 0.263. The smallest absolute Gasteiger partial charge is 0.339 e. The van der Waals surface area contributed by atoms with Crippen molar-refractivity contribution in [1.29, 1.82) is 0 Å². The summed E-state index contributed by atoms with van der Waals surface area (Å²) in [6.07, 6.45) is -1.07. The topological polar surface area (TPSA) is 73.9 Å². The SMILES string of the molecule is CCOc1ccc(C(=O)O[C@H](C)C(=O)Nc2cccc(F)c2)cc1OC. The molecule has 0 saturated carbocycles. The molecule has 0 aliphatic rings. The molecule has 2 aromatic carbocycles. The van der Waals surface area contributed by atoms with Crippen LogP contribution in [0.15, 0.2) is 42.5 Å². The van der Waals surface area contributed by atoms with Crippen LogP contribution in [0, 0.1) is 5.82 Å². The van der Waals surface area contributed by atoms with Gasteiger partial charge in [-0.1, -0.05) is 6.07 Å². The molecular formula is C19H20FNO5. The van der Waals surface area contributed by atoms with Crippen molar-refractivity contribution in [2.24, 2.45) is 0 Å². The Bertz CT molecular complexity index is 793. The summed E-state index contributed by atoms with van der Waals surface area (Å²) < 4.78 is 28.9. The maximum atomic E-state index is 13.2. The molecule has 0 spiro atoms. The number of ether oxygens (including phenoxy) is 3. The molecule has 0 aromatic heterocycles. The fourth-order valence-electron chi connectivity index (χ4n) is 2.16. The Kier molecular flexibility index (Phi) is 6.54. The van der Waals surface area contributed by atoms with Crippen LogP contribution in [0.25, 0.3) is 0 Å². The highest BCUT2D eigenvalue weighted by Crippen LogP contribution is 2.28. The number of benzene rings is 2. The largest absolute Gasteiger partial charge is 0.493 e. The van der Waals surface area contributed by atoms with Crippen LogP contribution in [-0.2, 0) is 9.53 Å². The van der Waals surface area contributed by atoms with Gasteiger partial charge in [0.25, 0.3) is 5.91 Å². The summed E-state index contributed by atoms with van der Waals surface area (Å²) in [6, 6.07) is 10.0. The molecule has 2 rings (SSSR count). The number of nitrogens with one attached hydrogen (secondary N) is 1. The molecule has 1 atom stereocenters. The summed E-state index contributed by atoms with van der Waals surface area (Å²) in [5.74, 6) is -0.842. The third-order valence-electron chi connectivity index (χ3n) is 3.44. The average Bonchev–Trinajstić information content (AvgIpc) is 2.62. The Hall–Kier alpha value is -3.09. The third-order valence-corrected chi connectivity index (χ3v) is 3.44. The number of rotatable bonds is 7. The summed E-state index contributed by atoms with van der Waals surface area (Å²) in [7, 11) is 1.46. The highest BCUT2D eigenvalue weighted by Gasteiger charge is 2.20. The predicted octanol–water partition coefficient (Wildman–Crippen LogP) is 3.42. The molecule has 1 amide bonds. The van der Waals surface area contributed by atoms with Gasteiger partial charge in [0.15, 0.2) is 17.6 Å². The zero-order valence-electron chi connectivity index (χ0n) is 14.7. The summed E-state index contributed by atoms with van der Waals surface area (Å²) in [5, 5.41) is 2.49. The van der Waals surface area contributed by atoms with E-state index in [4.69, 9.17) is 14.2 Å². The number of halogens is 1. The molecule has 26 heavy (non-hydrogen) atoms. The van der Waals surface area contributed by atoms with E-state index in [0.717, 1.165) is 0 Å². The lowest BCUT2D eigenvalue weighted by Gasteiger charge is -2.15. The Balaban J connectivity index is 2.02. The number of carbonyl (C=O) groups excluding carboxylic acids is 2. The Morgan fingerprint density at radius 1 is 1.15 bits per heavy atom. The Morgan fingerprint density at radius 2 is 1.92 bits per heavy atom. The average molecular weight is 361 g/mol. The molecule has 0 unspecified atom stereocenters. The van der Waals surface area contributed by atoms with Crippen LogP contribution in [0.1, 0.15) is 24.2 Å². The van der Waals surface area contributed by atoms with Gasteiger partial charge in [-0.2, -0.15) is 0 Å². The van der Waals surface area contributed by atoms with Gasteiger partial charge in [0.05, 0.1) is 19.3 Å². The van der Waals surface area contributed by atoms with Crippen LogP contribution in [0.2, 0.25) is 0 Å². The second-order valence-corrected chi connectivity index (χ2v) is 5.35.